The quantitative estimate of drug-likeness (QED) is 0.670. The van der Waals surface area contributed by atoms with Gasteiger partial charge in [-0.2, -0.15) is 13.2 Å². The van der Waals surface area contributed by atoms with Crippen molar-refractivity contribution in [3.05, 3.63) is 82.9 Å². The van der Waals surface area contributed by atoms with Crippen LogP contribution >= 0.6 is 0 Å². The predicted molar refractivity (Wildman–Crippen MR) is 90.7 cm³/mol. The molecule has 0 saturated carbocycles. The van der Waals surface area contributed by atoms with Crippen LogP contribution in [0.3, 0.4) is 0 Å². The lowest BCUT2D eigenvalue weighted by Crippen LogP contribution is -2.14. The second kappa shape index (κ2) is 6.65. The standard InChI is InChI=1S/C20H18F3N/c1-14-9-10-16-6-2-3-8-18(16)19(14)13-24-12-15-5-4-7-17(11-15)20(21,22)23/h2-11,24H,12-13H2,1H3. The number of alkyl halides is 3. The monoisotopic (exact) mass is 329 g/mol. The van der Waals surface area contributed by atoms with Crippen LogP contribution in [0, 0.1) is 6.92 Å². The van der Waals surface area contributed by atoms with Crippen molar-refractivity contribution in [1.82, 2.24) is 5.32 Å². The van der Waals surface area contributed by atoms with Crippen LogP contribution in [0.1, 0.15) is 22.3 Å². The van der Waals surface area contributed by atoms with Crippen molar-refractivity contribution in [2.75, 3.05) is 0 Å². The number of nitrogens with one attached hydrogen (secondary N) is 1. The number of aryl methyl sites for hydroxylation is 1. The van der Waals surface area contributed by atoms with E-state index >= 15 is 0 Å². The molecule has 0 aromatic heterocycles. The lowest BCUT2D eigenvalue weighted by Gasteiger charge is -2.13. The Morgan fingerprint density at radius 2 is 1.67 bits per heavy atom. The molecule has 1 N–H and O–H groups in total. The predicted octanol–water partition coefficient (Wildman–Crippen LogP) is 5.46. The molecule has 0 unspecified atom stereocenters. The van der Waals surface area contributed by atoms with Crippen molar-refractivity contribution in [3.63, 3.8) is 0 Å². The van der Waals surface area contributed by atoms with E-state index in [4.69, 9.17) is 0 Å². The Bertz CT molecular complexity index is 853. The first kappa shape index (κ1) is 16.5. The van der Waals surface area contributed by atoms with Gasteiger partial charge in [0.1, 0.15) is 0 Å². The zero-order chi connectivity index (χ0) is 17.2. The van der Waals surface area contributed by atoms with Gasteiger partial charge in [0.25, 0.3) is 0 Å². The van der Waals surface area contributed by atoms with Gasteiger partial charge in [0.15, 0.2) is 0 Å². The lowest BCUT2D eigenvalue weighted by atomic mass is 9.99. The molecule has 0 aliphatic carbocycles. The first-order valence-electron chi connectivity index (χ1n) is 7.79. The van der Waals surface area contributed by atoms with Crippen molar-refractivity contribution in [2.24, 2.45) is 0 Å². The molecule has 4 heteroatoms. The Hall–Kier alpha value is -2.33. The van der Waals surface area contributed by atoms with E-state index in [0.717, 1.165) is 6.07 Å². The average Bonchev–Trinajstić information content (AvgIpc) is 2.56. The van der Waals surface area contributed by atoms with Crippen LogP contribution in [0.15, 0.2) is 60.7 Å². The highest BCUT2D eigenvalue weighted by Gasteiger charge is 2.30. The van der Waals surface area contributed by atoms with Crippen LogP contribution in [0.5, 0.6) is 0 Å². The van der Waals surface area contributed by atoms with E-state index in [1.165, 1.54) is 34.0 Å². The van der Waals surface area contributed by atoms with E-state index in [1.54, 1.807) is 6.07 Å². The van der Waals surface area contributed by atoms with Crippen LogP contribution in [-0.4, -0.2) is 0 Å². The van der Waals surface area contributed by atoms with Gasteiger partial charge in [-0.25, -0.2) is 0 Å². The number of fused-ring (bicyclic) bond motifs is 1. The minimum atomic E-state index is -4.30. The van der Waals surface area contributed by atoms with Gasteiger partial charge in [0, 0.05) is 13.1 Å². The molecule has 3 aromatic rings. The highest BCUT2D eigenvalue weighted by atomic mass is 19.4. The van der Waals surface area contributed by atoms with Crippen molar-refractivity contribution in [2.45, 2.75) is 26.2 Å². The van der Waals surface area contributed by atoms with E-state index in [2.05, 4.69) is 29.6 Å². The molecule has 0 saturated heterocycles. The average molecular weight is 329 g/mol. The van der Waals surface area contributed by atoms with Crippen molar-refractivity contribution in [3.8, 4) is 0 Å². The van der Waals surface area contributed by atoms with Crippen LogP contribution in [0.2, 0.25) is 0 Å². The van der Waals surface area contributed by atoms with Crippen LogP contribution in [0.4, 0.5) is 13.2 Å². The first-order valence-corrected chi connectivity index (χ1v) is 7.79. The molecule has 0 radical (unpaired) electrons. The van der Waals surface area contributed by atoms with Gasteiger partial charge in [-0.15, -0.1) is 0 Å². The molecule has 0 amide bonds. The summed E-state index contributed by atoms with van der Waals surface area (Å²) in [5.41, 5.74) is 2.37. The highest BCUT2D eigenvalue weighted by molar-refractivity contribution is 5.86. The zero-order valence-corrected chi connectivity index (χ0v) is 13.3. The molecular formula is C20H18F3N. The summed E-state index contributed by atoms with van der Waals surface area (Å²) in [5.74, 6) is 0. The van der Waals surface area contributed by atoms with E-state index in [0.29, 0.717) is 18.7 Å². The van der Waals surface area contributed by atoms with Gasteiger partial charge in [0.05, 0.1) is 5.56 Å². The fourth-order valence-corrected chi connectivity index (χ4v) is 2.87. The van der Waals surface area contributed by atoms with E-state index in [9.17, 15) is 13.2 Å². The maximum absolute atomic E-state index is 12.8. The molecule has 0 aliphatic heterocycles. The van der Waals surface area contributed by atoms with Gasteiger partial charge >= 0.3 is 6.18 Å². The number of hydrogen-bond donors (Lipinski definition) is 1. The van der Waals surface area contributed by atoms with Crippen molar-refractivity contribution >= 4 is 10.8 Å². The Morgan fingerprint density at radius 1 is 0.875 bits per heavy atom. The molecular weight excluding hydrogens is 311 g/mol. The van der Waals surface area contributed by atoms with Crippen LogP contribution < -0.4 is 5.32 Å². The third-order valence-corrected chi connectivity index (χ3v) is 4.16. The smallest absolute Gasteiger partial charge is 0.309 e. The Morgan fingerprint density at radius 3 is 2.46 bits per heavy atom. The molecule has 0 atom stereocenters. The second-order valence-corrected chi connectivity index (χ2v) is 5.88. The third kappa shape index (κ3) is 3.60. The topological polar surface area (TPSA) is 12.0 Å². The molecule has 124 valence electrons. The Balaban J connectivity index is 1.75. The number of halogens is 3. The normalized spacial score (nSPS) is 11.8. The van der Waals surface area contributed by atoms with Crippen LogP contribution in [0.25, 0.3) is 10.8 Å². The largest absolute Gasteiger partial charge is 0.416 e. The maximum atomic E-state index is 12.8. The second-order valence-electron chi connectivity index (χ2n) is 5.88. The highest BCUT2D eigenvalue weighted by Crippen LogP contribution is 2.29. The van der Waals surface area contributed by atoms with Gasteiger partial charge in [-0.3, -0.25) is 0 Å². The lowest BCUT2D eigenvalue weighted by molar-refractivity contribution is -0.137. The molecule has 24 heavy (non-hydrogen) atoms. The molecule has 0 heterocycles. The summed E-state index contributed by atoms with van der Waals surface area (Å²) < 4.78 is 38.3. The Kier molecular flexibility index (Phi) is 4.58. The summed E-state index contributed by atoms with van der Waals surface area (Å²) in [6, 6.07) is 17.7. The fourth-order valence-electron chi connectivity index (χ4n) is 2.87. The molecule has 0 bridgehead atoms. The number of hydrogen-bond acceptors (Lipinski definition) is 1. The summed E-state index contributed by atoms with van der Waals surface area (Å²) in [6.07, 6.45) is -4.30. The molecule has 3 aromatic carbocycles. The SMILES string of the molecule is Cc1ccc2ccccc2c1CNCc1cccc(C(F)(F)F)c1. The van der Waals surface area contributed by atoms with E-state index < -0.39 is 11.7 Å². The van der Waals surface area contributed by atoms with Gasteiger partial charge < -0.3 is 5.32 Å². The van der Waals surface area contributed by atoms with Gasteiger partial charge in [0.2, 0.25) is 0 Å². The summed E-state index contributed by atoms with van der Waals surface area (Å²) in [4.78, 5) is 0. The summed E-state index contributed by atoms with van der Waals surface area (Å²) >= 11 is 0. The van der Waals surface area contributed by atoms with Gasteiger partial charge in [-0.05, 0) is 40.5 Å². The molecule has 0 fully saturated rings. The maximum Gasteiger partial charge on any atom is 0.416 e. The molecule has 1 nitrogen and oxygen atoms in total. The summed E-state index contributed by atoms with van der Waals surface area (Å²) in [5, 5.41) is 5.60. The van der Waals surface area contributed by atoms with E-state index in [-0.39, 0.29) is 0 Å². The summed E-state index contributed by atoms with van der Waals surface area (Å²) in [6.45, 7) is 3.06. The van der Waals surface area contributed by atoms with Crippen molar-refractivity contribution in [1.29, 1.82) is 0 Å². The summed E-state index contributed by atoms with van der Waals surface area (Å²) in [7, 11) is 0. The number of rotatable bonds is 4. The zero-order valence-electron chi connectivity index (χ0n) is 13.3. The Labute approximate surface area is 139 Å². The van der Waals surface area contributed by atoms with E-state index in [1.807, 2.05) is 19.1 Å². The number of benzene rings is 3. The fraction of sp³-hybridized carbons (Fsp3) is 0.200. The molecule has 0 aliphatic rings. The minimum absolute atomic E-state index is 0.395. The van der Waals surface area contributed by atoms with Gasteiger partial charge in [-0.1, -0.05) is 54.6 Å². The minimum Gasteiger partial charge on any atom is -0.309 e. The van der Waals surface area contributed by atoms with Crippen LogP contribution in [-0.2, 0) is 19.3 Å². The third-order valence-electron chi connectivity index (χ3n) is 4.16. The molecule has 3 rings (SSSR count). The first-order chi connectivity index (χ1) is 11.4. The molecule has 0 spiro atoms. The van der Waals surface area contributed by atoms with Crippen molar-refractivity contribution < 1.29 is 13.2 Å².